The normalized spacial score (nSPS) is 12.4. The smallest absolute Gasteiger partial charge is 0.287 e. The summed E-state index contributed by atoms with van der Waals surface area (Å²) >= 11 is 0. The minimum Gasteiger partial charge on any atom is -0.467 e. The van der Waals surface area contributed by atoms with E-state index >= 15 is 0 Å². The van der Waals surface area contributed by atoms with Crippen molar-refractivity contribution in [2.45, 2.75) is 19.5 Å². The van der Waals surface area contributed by atoms with Gasteiger partial charge >= 0.3 is 0 Å². The molecule has 0 radical (unpaired) electrons. The van der Waals surface area contributed by atoms with Gasteiger partial charge in [0.1, 0.15) is 11.5 Å². The number of rotatable bonds is 4. The number of carbonyl (C=O) groups excluding carboxylic acids is 1. The quantitative estimate of drug-likeness (QED) is 0.845. The van der Waals surface area contributed by atoms with Gasteiger partial charge in [0, 0.05) is 0 Å². The van der Waals surface area contributed by atoms with E-state index in [1.54, 1.807) is 30.5 Å². The molecule has 17 heavy (non-hydrogen) atoms. The van der Waals surface area contributed by atoms with Crippen LogP contribution in [0.15, 0.2) is 39.4 Å². The Morgan fingerprint density at radius 1 is 1.47 bits per heavy atom. The van der Waals surface area contributed by atoms with E-state index in [1.165, 1.54) is 0 Å². The number of nitrogens with two attached hydrogens (primary N) is 1. The summed E-state index contributed by atoms with van der Waals surface area (Å²) in [7, 11) is 0. The number of hydrogen-bond donors (Lipinski definition) is 2. The summed E-state index contributed by atoms with van der Waals surface area (Å²) in [4.78, 5) is 11.8. The molecule has 90 valence electrons. The third-order valence-electron chi connectivity index (χ3n) is 2.40. The van der Waals surface area contributed by atoms with E-state index in [0.29, 0.717) is 11.5 Å². The van der Waals surface area contributed by atoms with E-state index in [0.717, 1.165) is 0 Å². The Hall–Kier alpha value is -2.01. The summed E-state index contributed by atoms with van der Waals surface area (Å²) in [6.07, 6.45) is 1.57. The van der Waals surface area contributed by atoms with Crippen LogP contribution in [0.5, 0.6) is 0 Å². The molecular weight excluding hydrogens is 220 g/mol. The molecule has 5 nitrogen and oxygen atoms in total. The zero-order valence-electron chi connectivity index (χ0n) is 9.47. The van der Waals surface area contributed by atoms with Crippen molar-refractivity contribution < 1.29 is 13.6 Å². The molecule has 2 aromatic rings. The van der Waals surface area contributed by atoms with Crippen LogP contribution in [0.2, 0.25) is 0 Å². The predicted molar refractivity (Wildman–Crippen MR) is 61.2 cm³/mol. The molecule has 0 fully saturated rings. The largest absolute Gasteiger partial charge is 0.467 e. The Morgan fingerprint density at radius 3 is 2.88 bits per heavy atom. The fourth-order valence-electron chi connectivity index (χ4n) is 1.49. The highest BCUT2D eigenvalue weighted by molar-refractivity contribution is 5.91. The van der Waals surface area contributed by atoms with Gasteiger partial charge in [0.05, 0.1) is 18.8 Å². The maximum absolute atomic E-state index is 11.8. The molecule has 2 heterocycles. The van der Waals surface area contributed by atoms with Gasteiger partial charge in [-0.15, -0.1) is 0 Å². The molecule has 1 atom stereocenters. The van der Waals surface area contributed by atoms with Crippen molar-refractivity contribution in [3.05, 3.63) is 47.8 Å². The van der Waals surface area contributed by atoms with Gasteiger partial charge in [0.15, 0.2) is 5.76 Å². The lowest BCUT2D eigenvalue weighted by molar-refractivity contribution is 0.0905. The summed E-state index contributed by atoms with van der Waals surface area (Å²) in [6.45, 7) is 2.12. The summed E-state index contributed by atoms with van der Waals surface area (Å²) in [5, 5.41) is 2.77. The third kappa shape index (κ3) is 2.57. The Morgan fingerprint density at radius 2 is 2.29 bits per heavy atom. The molecule has 0 aliphatic heterocycles. The van der Waals surface area contributed by atoms with Crippen molar-refractivity contribution in [3.63, 3.8) is 0 Å². The van der Waals surface area contributed by atoms with Crippen LogP contribution < -0.4 is 11.1 Å². The monoisotopic (exact) mass is 234 g/mol. The highest BCUT2D eigenvalue weighted by atomic mass is 16.4. The number of hydrogen-bond acceptors (Lipinski definition) is 4. The molecule has 0 aromatic carbocycles. The van der Waals surface area contributed by atoms with Gasteiger partial charge < -0.3 is 19.9 Å². The van der Waals surface area contributed by atoms with Crippen LogP contribution in [0.3, 0.4) is 0 Å². The lowest BCUT2D eigenvalue weighted by Gasteiger charge is -2.09. The molecule has 0 saturated carbocycles. The summed E-state index contributed by atoms with van der Waals surface area (Å²) < 4.78 is 10.4. The molecular formula is C12H14N2O3. The van der Waals surface area contributed by atoms with Gasteiger partial charge in [-0.1, -0.05) is 0 Å². The lowest BCUT2D eigenvalue weighted by Crippen LogP contribution is -2.25. The maximum atomic E-state index is 11.8. The van der Waals surface area contributed by atoms with Crippen molar-refractivity contribution in [2.75, 3.05) is 0 Å². The molecule has 0 aliphatic carbocycles. The average Bonchev–Trinajstić information content (AvgIpc) is 3.00. The van der Waals surface area contributed by atoms with Crippen LogP contribution in [-0.4, -0.2) is 5.91 Å². The van der Waals surface area contributed by atoms with Crippen LogP contribution >= 0.6 is 0 Å². The van der Waals surface area contributed by atoms with Gasteiger partial charge in [-0.2, -0.15) is 0 Å². The van der Waals surface area contributed by atoms with E-state index in [2.05, 4.69) is 5.32 Å². The summed E-state index contributed by atoms with van der Waals surface area (Å²) in [5.41, 5.74) is 5.40. The first-order valence-electron chi connectivity index (χ1n) is 5.33. The molecule has 0 saturated heterocycles. The van der Waals surface area contributed by atoms with Crippen LogP contribution in [0, 0.1) is 0 Å². The third-order valence-corrected chi connectivity index (χ3v) is 2.40. The number of carbonyl (C=O) groups is 1. The van der Waals surface area contributed by atoms with E-state index in [-0.39, 0.29) is 24.3 Å². The Balaban J connectivity index is 2.01. The summed E-state index contributed by atoms with van der Waals surface area (Å²) in [6, 6.07) is 6.67. The topological polar surface area (TPSA) is 81.4 Å². The van der Waals surface area contributed by atoms with Crippen LogP contribution in [-0.2, 0) is 6.54 Å². The van der Waals surface area contributed by atoms with Gasteiger partial charge in [0.25, 0.3) is 5.91 Å². The van der Waals surface area contributed by atoms with Crippen molar-refractivity contribution in [3.8, 4) is 0 Å². The van der Waals surface area contributed by atoms with Gasteiger partial charge in [0.2, 0.25) is 0 Å². The van der Waals surface area contributed by atoms with Crippen molar-refractivity contribution in [1.82, 2.24) is 5.32 Å². The fraction of sp³-hybridized carbons (Fsp3) is 0.250. The Bertz CT molecular complexity index is 488. The van der Waals surface area contributed by atoms with Gasteiger partial charge in [-0.25, -0.2) is 0 Å². The first-order chi connectivity index (χ1) is 8.20. The van der Waals surface area contributed by atoms with Gasteiger partial charge in [-0.05, 0) is 31.2 Å². The second-order valence-corrected chi connectivity index (χ2v) is 3.68. The first-order valence-corrected chi connectivity index (χ1v) is 5.33. The van der Waals surface area contributed by atoms with Gasteiger partial charge in [-0.3, -0.25) is 4.79 Å². The second kappa shape index (κ2) is 4.88. The fourth-order valence-corrected chi connectivity index (χ4v) is 1.49. The van der Waals surface area contributed by atoms with Crippen molar-refractivity contribution >= 4 is 5.91 Å². The minimum atomic E-state index is -0.284. The number of furan rings is 2. The van der Waals surface area contributed by atoms with E-state index in [9.17, 15) is 4.79 Å². The SMILES string of the molecule is C[C@H](NC(=O)c1ccc(CN)o1)c1ccco1. The molecule has 0 spiro atoms. The number of amides is 1. The van der Waals surface area contributed by atoms with E-state index in [1.807, 2.05) is 6.92 Å². The Kier molecular flexibility index (Phi) is 3.30. The predicted octanol–water partition coefficient (Wildman–Crippen LogP) is 1.82. The van der Waals surface area contributed by atoms with Crippen LogP contribution in [0.4, 0.5) is 0 Å². The van der Waals surface area contributed by atoms with Crippen molar-refractivity contribution in [2.24, 2.45) is 5.73 Å². The standard InChI is InChI=1S/C12H14N2O3/c1-8(10-3-2-6-16-10)14-12(15)11-5-4-9(7-13)17-11/h2-6,8H,7,13H2,1H3,(H,14,15)/t8-/m0/s1. The highest BCUT2D eigenvalue weighted by Gasteiger charge is 2.15. The maximum Gasteiger partial charge on any atom is 0.287 e. The van der Waals surface area contributed by atoms with E-state index < -0.39 is 0 Å². The average molecular weight is 234 g/mol. The molecule has 0 unspecified atom stereocenters. The Labute approximate surface area is 98.6 Å². The molecule has 2 rings (SSSR count). The van der Waals surface area contributed by atoms with Crippen LogP contribution in [0.25, 0.3) is 0 Å². The van der Waals surface area contributed by atoms with Crippen LogP contribution in [0.1, 0.15) is 35.0 Å². The molecule has 0 aliphatic rings. The molecule has 1 amide bonds. The zero-order valence-corrected chi connectivity index (χ0v) is 9.47. The lowest BCUT2D eigenvalue weighted by atomic mass is 10.2. The minimum absolute atomic E-state index is 0.205. The molecule has 5 heteroatoms. The summed E-state index contributed by atoms with van der Waals surface area (Å²) in [5.74, 6) is 1.25. The van der Waals surface area contributed by atoms with E-state index in [4.69, 9.17) is 14.6 Å². The second-order valence-electron chi connectivity index (χ2n) is 3.68. The first kappa shape index (κ1) is 11.5. The zero-order chi connectivity index (χ0) is 12.3. The highest BCUT2D eigenvalue weighted by Crippen LogP contribution is 2.14. The molecule has 2 aromatic heterocycles. The van der Waals surface area contributed by atoms with Crippen molar-refractivity contribution in [1.29, 1.82) is 0 Å². The number of nitrogens with one attached hydrogen (secondary N) is 1. The molecule has 0 bridgehead atoms. The molecule has 3 N–H and O–H groups in total.